The minimum atomic E-state index is -0.117. The number of nitrogens with zero attached hydrogens (tertiary/aromatic N) is 1. The van der Waals surface area contributed by atoms with Gasteiger partial charge in [0.15, 0.2) is 5.78 Å². The maximum Gasteiger partial charge on any atom is 0.176 e. The molecule has 11 heavy (non-hydrogen) atoms. The average Bonchev–Trinajstić information content (AvgIpc) is 2.07. The van der Waals surface area contributed by atoms with Crippen LogP contribution in [0.4, 0.5) is 0 Å². The van der Waals surface area contributed by atoms with E-state index in [4.69, 9.17) is 5.26 Å². The number of hydrogen-bond acceptors (Lipinski definition) is 2. The van der Waals surface area contributed by atoms with Crippen LogP contribution in [0.25, 0.3) is 0 Å². The van der Waals surface area contributed by atoms with Crippen LogP contribution in [0.5, 0.6) is 0 Å². The zero-order valence-electron chi connectivity index (χ0n) is 5.95. The molecule has 0 aliphatic heterocycles. The molecule has 0 aliphatic carbocycles. The van der Waals surface area contributed by atoms with E-state index in [-0.39, 0.29) is 12.2 Å². The normalized spacial score (nSPS) is 8.64. The summed E-state index contributed by atoms with van der Waals surface area (Å²) in [5.74, 6) is -0.117. The number of nitriles is 1. The maximum atomic E-state index is 11.0. The molecule has 2 heteroatoms. The van der Waals surface area contributed by atoms with Crippen LogP contribution >= 0.6 is 0 Å². The van der Waals surface area contributed by atoms with E-state index in [0.29, 0.717) is 5.56 Å². The average molecular weight is 147 g/mol. The van der Waals surface area contributed by atoms with Crippen molar-refractivity contribution < 1.29 is 4.79 Å². The van der Waals surface area contributed by atoms with Crippen LogP contribution in [0.15, 0.2) is 30.3 Å². The molecule has 1 rings (SSSR count). The molecule has 0 bridgehead atoms. The highest BCUT2D eigenvalue weighted by Crippen LogP contribution is 2.01. The minimum absolute atomic E-state index is 0.0377. The third-order valence-corrected chi connectivity index (χ3v) is 1.34. The Morgan fingerprint density at radius 2 is 2.00 bits per heavy atom. The molecule has 0 fully saturated rings. The maximum absolute atomic E-state index is 11.0. The first-order valence-corrected chi connectivity index (χ1v) is 3.30. The molecule has 0 saturated carbocycles. The summed E-state index contributed by atoms with van der Waals surface area (Å²) in [7, 11) is 0. The van der Waals surface area contributed by atoms with Crippen LogP contribution in [0, 0.1) is 11.3 Å². The van der Waals surface area contributed by atoms with Gasteiger partial charge in [-0.3, -0.25) is 4.79 Å². The lowest BCUT2D eigenvalue weighted by Crippen LogP contribution is -1.95. The highest BCUT2D eigenvalue weighted by Gasteiger charge is 2.01. The Kier molecular flexibility index (Phi) is 2.40. The second kappa shape index (κ2) is 3.52. The molecule has 0 atom stereocenters. The van der Waals surface area contributed by atoms with Crippen molar-refractivity contribution in [3.05, 3.63) is 35.9 Å². The number of rotatable bonds is 2. The molecule has 1 aromatic carbocycles. The van der Waals surface area contributed by atoms with Crippen LogP contribution in [-0.2, 0) is 0 Å². The fraction of sp³-hybridized carbons (Fsp3) is 0.111. The van der Waals surface area contributed by atoms with Crippen molar-refractivity contribution in [1.29, 1.82) is 5.26 Å². The molecule has 0 spiro atoms. The van der Waals surface area contributed by atoms with Gasteiger partial charge in [0, 0.05) is 5.56 Å². The first-order chi connectivity index (χ1) is 5.34. The van der Waals surface area contributed by atoms with Gasteiger partial charge in [0.1, 0.15) is 0 Å². The summed E-state index contributed by atoms with van der Waals surface area (Å²) in [6.45, 7) is 0. The summed E-state index contributed by atoms with van der Waals surface area (Å²) >= 11 is 0. The summed E-state index contributed by atoms with van der Waals surface area (Å²) < 4.78 is 0. The van der Waals surface area contributed by atoms with E-state index in [1.807, 2.05) is 12.1 Å². The molecule has 0 amide bonds. The van der Waals surface area contributed by atoms with Crippen molar-refractivity contribution in [2.45, 2.75) is 6.42 Å². The van der Waals surface area contributed by atoms with Crippen molar-refractivity contribution in [3.63, 3.8) is 0 Å². The molecule has 0 heterocycles. The largest absolute Gasteiger partial charge is 0.293 e. The Morgan fingerprint density at radius 1 is 1.36 bits per heavy atom. The molecule has 0 radical (unpaired) electrons. The van der Waals surface area contributed by atoms with Gasteiger partial charge in [-0.05, 0) is 0 Å². The Balaban J connectivity index is 2.79. The molecule has 0 aliphatic rings. The molecular weight excluding hydrogens is 140 g/mol. The number of Topliss-reactive ketones (excluding diaryl/α,β-unsaturated/α-hetero) is 1. The predicted octanol–water partition coefficient (Wildman–Crippen LogP) is 1.78. The first-order valence-electron chi connectivity index (χ1n) is 3.30. The van der Waals surface area contributed by atoms with E-state index >= 15 is 0 Å². The van der Waals surface area contributed by atoms with E-state index in [1.54, 1.807) is 24.3 Å². The SMILES string of the molecule is N#CC[14C](=O)c1ccccc1. The van der Waals surface area contributed by atoms with Gasteiger partial charge in [-0.1, -0.05) is 30.3 Å². The van der Waals surface area contributed by atoms with Crippen LogP contribution in [-0.4, -0.2) is 5.78 Å². The molecule has 0 saturated heterocycles. The zero-order valence-corrected chi connectivity index (χ0v) is 5.95. The molecule has 0 N–H and O–H groups in total. The van der Waals surface area contributed by atoms with Crippen molar-refractivity contribution in [2.24, 2.45) is 0 Å². The Labute approximate surface area is 65.1 Å². The van der Waals surface area contributed by atoms with Crippen molar-refractivity contribution in [1.82, 2.24) is 0 Å². The van der Waals surface area contributed by atoms with Crippen molar-refractivity contribution in [3.8, 4) is 6.07 Å². The second-order valence-corrected chi connectivity index (χ2v) is 2.12. The van der Waals surface area contributed by atoms with Gasteiger partial charge in [-0.2, -0.15) is 5.26 Å². The summed E-state index contributed by atoms with van der Waals surface area (Å²) in [6.07, 6.45) is -0.0377. The first kappa shape index (κ1) is 7.49. The van der Waals surface area contributed by atoms with Gasteiger partial charge in [0.05, 0.1) is 12.5 Å². The van der Waals surface area contributed by atoms with Gasteiger partial charge in [0.2, 0.25) is 0 Å². The van der Waals surface area contributed by atoms with Crippen LogP contribution in [0.1, 0.15) is 16.8 Å². The summed E-state index contributed by atoms with van der Waals surface area (Å²) in [5, 5.41) is 8.23. The monoisotopic (exact) mass is 147 g/mol. The number of benzene rings is 1. The van der Waals surface area contributed by atoms with Crippen molar-refractivity contribution >= 4 is 5.78 Å². The Hall–Kier alpha value is -1.62. The van der Waals surface area contributed by atoms with Gasteiger partial charge in [-0.15, -0.1) is 0 Å². The number of ketones is 1. The van der Waals surface area contributed by atoms with Crippen molar-refractivity contribution in [2.75, 3.05) is 0 Å². The highest BCUT2D eigenvalue weighted by atomic mass is 16.3. The lowest BCUT2D eigenvalue weighted by atomic mass is 10.3. The van der Waals surface area contributed by atoms with Gasteiger partial charge in [-0.25, -0.2) is 0 Å². The Morgan fingerprint density at radius 3 is 2.55 bits per heavy atom. The summed E-state index contributed by atoms with van der Waals surface area (Å²) in [4.78, 5) is 11.0. The molecule has 54 valence electrons. The fourth-order valence-electron chi connectivity index (χ4n) is 0.798. The second-order valence-electron chi connectivity index (χ2n) is 2.12. The Bertz CT molecular complexity index is 284. The van der Waals surface area contributed by atoms with Crippen LogP contribution < -0.4 is 0 Å². The zero-order chi connectivity index (χ0) is 8.10. The summed E-state index contributed by atoms with van der Waals surface area (Å²) in [6, 6.07) is 10.6. The molecule has 0 aromatic heterocycles. The van der Waals surface area contributed by atoms with Gasteiger partial charge >= 0.3 is 0 Å². The lowest BCUT2D eigenvalue weighted by Gasteiger charge is -1.92. The predicted molar refractivity (Wildman–Crippen MR) is 41.0 cm³/mol. The third kappa shape index (κ3) is 1.91. The van der Waals surface area contributed by atoms with E-state index in [2.05, 4.69) is 0 Å². The molecule has 0 unspecified atom stereocenters. The van der Waals surface area contributed by atoms with E-state index in [1.165, 1.54) is 0 Å². The third-order valence-electron chi connectivity index (χ3n) is 1.34. The van der Waals surface area contributed by atoms with E-state index in [0.717, 1.165) is 0 Å². The quantitative estimate of drug-likeness (QED) is 0.598. The van der Waals surface area contributed by atoms with Gasteiger partial charge in [0.25, 0.3) is 0 Å². The van der Waals surface area contributed by atoms with E-state index in [9.17, 15) is 4.79 Å². The summed E-state index contributed by atoms with van der Waals surface area (Å²) in [5.41, 5.74) is 0.606. The fourth-order valence-corrected chi connectivity index (χ4v) is 0.798. The number of carbonyl (C=O) groups is 1. The topological polar surface area (TPSA) is 40.9 Å². The smallest absolute Gasteiger partial charge is 0.176 e. The minimum Gasteiger partial charge on any atom is -0.293 e. The standard InChI is InChI=1S/C9H7NO/c10-7-6-9(11)8-4-2-1-3-5-8/h1-5H,6H2/i9+2. The highest BCUT2D eigenvalue weighted by molar-refractivity contribution is 5.97. The van der Waals surface area contributed by atoms with Gasteiger partial charge < -0.3 is 0 Å². The lowest BCUT2D eigenvalue weighted by molar-refractivity contribution is 0.0998. The van der Waals surface area contributed by atoms with E-state index < -0.39 is 0 Å². The van der Waals surface area contributed by atoms with Crippen LogP contribution in [0.2, 0.25) is 0 Å². The molecule has 1 aromatic rings. The number of carbonyl (C=O) groups excluding carboxylic acids is 1. The van der Waals surface area contributed by atoms with Crippen LogP contribution in [0.3, 0.4) is 0 Å². The number of hydrogen-bond donors (Lipinski definition) is 0. The molecular formula is C9H7NO. The molecule has 2 nitrogen and oxygen atoms in total.